The molecular weight excluding hydrogens is 308 g/mol. The zero-order valence-corrected chi connectivity index (χ0v) is 16.7. The van der Waals surface area contributed by atoms with Gasteiger partial charge < -0.3 is 10.6 Å². The van der Waals surface area contributed by atoms with Crippen molar-refractivity contribution in [2.24, 2.45) is 15.4 Å². The molecule has 2 aliphatic rings. The van der Waals surface area contributed by atoms with Crippen molar-refractivity contribution in [3.8, 4) is 0 Å². The van der Waals surface area contributed by atoms with Crippen LogP contribution < -0.4 is 10.6 Å². The fraction of sp³-hybridized carbons (Fsp3) is 0.857. The summed E-state index contributed by atoms with van der Waals surface area (Å²) < 4.78 is 0. The minimum atomic E-state index is -0.104. The van der Waals surface area contributed by atoms with Gasteiger partial charge in [-0.15, -0.1) is 0 Å². The van der Waals surface area contributed by atoms with E-state index in [1.165, 1.54) is 64.2 Å². The molecule has 2 aliphatic carbocycles. The standard InChI is InChI=1S/C21H39N4/c1-17(23-16-21(2,3)4)15-22-20(24-18-11-7-5-8-12-18)25-19-13-9-6-10-14-19/h16-19H,2,5-15H2,1,3-4H3,(H2,22,24,25)/b23-16+. The van der Waals surface area contributed by atoms with E-state index in [1.807, 2.05) is 6.21 Å². The van der Waals surface area contributed by atoms with E-state index in [2.05, 4.69) is 43.3 Å². The molecule has 0 saturated heterocycles. The van der Waals surface area contributed by atoms with E-state index in [1.54, 1.807) is 0 Å². The van der Waals surface area contributed by atoms with E-state index in [-0.39, 0.29) is 11.5 Å². The molecule has 0 amide bonds. The molecule has 2 fully saturated rings. The largest absolute Gasteiger partial charge is 0.354 e. The van der Waals surface area contributed by atoms with Gasteiger partial charge >= 0.3 is 0 Å². The molecule has 25 heavy (non-hydrogen) atoms. The summed E-state index contributed by atoms with van der Waals surface area (Å²) in [4.78, 5) is 9.67. The molecule has 0 aromatic carbocycles. The van der Waals surface area contributed by atoms with Crippen LogP contribution in [0.15, 0.2) is 9.98 Å². The highest BCUT2D eigenvalue weighted by Gasteiger charge is 2.18. The molecule has 143 valence electrons. The molecule has 2 rings (SSSR count). The third-order valence-corrected chi connectivity index (χ3v) is 5.08. The number of hydrogen-bond acceptors (Lipinski definition) is 2. The molecule has 1 unspecified atom stereocenters. The number of rotatable bonds is 6. The fourth-order valence-electron chi connectivity index (χ4n) is 3.59. The van der Waals surface area contributed by atoms with Gasteiger partial charge in [0.2, 0.25) is 0 Å². The van der Waals surface area contributed by atoms with E-state index < -0.39 is 0 Å². The Morgan fingerprint density at radius 3 is 2.28 bits per heavy atom. The summed E-state index contributed by atoms with van der Waals surface area (Å²) in [5, 5.41) is 7.26. The van der Waals surface area contributed by atoms with E-state index in [4.69, 9.17) is 4.99 Å². The first-order chi connectivity index (χ1) is 11.9. The highest BCUT2D eigenvalue weighted by Crippen LogP contribution is 2.21. The van der Waals surface area contributed by atoms with Gasteiger partial charge in [0.1, 0.15) is 0 Å². The van der Waals surface area contributed by atoms with Crippen LogP contribution in [0.4, 0.5) is 0 Å². The summed E-state index contributed by atoms with van der Waals surface area (Å²) in [5.74, 6) is 1.01. The second-order valence-corrected chi connectivity index (χ2v) is 8.75. The number of guanidine groups is 1. The maximum absolute atomic E-state index is 5.04. The van der Waals surface area contributed by atoms with Crippen LogP contribution in [0.25, 0.3) is 0 Å². The quantitative estimate of drug-likeness (QED) is 0.549. The van der Waals surface area contributed by atoms with Crippen LogP contribution in [0.5, 0.6) is 0 Å². The second kappa shape index (κ2) is 10.2. The Balaban J connectivity index is 1.90. The van der Waals surface area contributed by atoms with Crippen LogP contribution in [0.1, 0.15) is 85.0 Å². The van der Waals surface area contributed by atoms with Crippen molar-refractivity contribution in [3.05, 3.63) is 6.92 Å². The molecule has 0 spiro atoms. The first-order valence-corrected chi connectivity index (χ1v) is 10.4. The summed E-state index contributed by atoms with van der Waals surface area (Å²) in [6.45, 7) is 11.2. The molecule has 1 radical (unpaired) electrons. The molecule has 0 aliphatic heterocycles. The molecule has 2 saturated carbocycles. The van der Waals surface area contributed by atoms with Gasteiger partial charge in [-0.1, -0.05) is 52.4 Å². The maximum atomic E-state index is 5.04. The monoisotopic (exact) mass is 347 g/mol. The lowest BCUT2D eigenvalue weighted by Crippen LogP contribution is -2.46. The van der Waals surface area contributed by atoms with E-state index in [0.717, 1.165) is 12.5 Å². The van der Waals surface area contributed by atoms with Gasteiger partial charge in [-0.05, 0) is 44.9 Å². The third kappa shape index (κ3) is 8.73. The molecule has 0 aromatic rings. The maximum Gasteiger partial charge on any atom is 0.191 e. The molecule has 4 heteroatoms. The summed E-state index contributed by atoms with van der Waals surface area (Å²) in [6.07, 6.45) is 15.1. The van der Waals surface area contributed by atoms with Crippen molar-refractivity contribution in [2.45, 2.75) is 103 Å². The summed E-state index contributed by atoms with van der Waals surface area (Å²) in [5.41, 5.74) is -0.104. The van der Waals surface area contributed by atoms with Gasteiger partial charge in [-0.25, -0.2) is 4.99 Å². The smallest absolute Gasteiger partial charge is 0.191 e. The average Bonchev–Trinajstić information content (AvgIpc) is 2.59. The Morgan fingerprint density at radius 1 is 1.08 bits per heavy atom. The van der Waals surface area contributed by atoms with E-state index in [0.29, 0.717) is 12.1 Å². The summed E-state index contributed by atoms with van der Waals surface area (Å²) >= 11 is 0. The summed E-state index contributed by atoms with van der Waals surface area (Å²) in [6, 6.07) is 1.30. The zero-order valence-electron chi connectivity index (χ0n) is 16.7. The van der Waals surface area contributed by atoms with Crippen LogP contribution in [0.2, 0.25) is 0 Å². The molecular formula is C21H39N4. The Kier molecular flexibility index (Phi) is 8.25. The number of nitrogens with one attached hydrogen (secondary N) is 2. The highest BCUT2D eigenvalue weighted by atomic mass is 15.2. The third-order valence-electron chi connectivity index (χ3n) is 5.08. The van der Waals surface area contributed by atoms with Crippen LogP contribution in [0.3, 0.4) is 0 Å². The van der Waals surface area contributed by atoms with Gasteiger partial charge in [0, 0.05) is 18.8 Å². The van der Waals surface area contributed by atoms with E-state index in [9.17, 15) is 0 Å². The Labute approximate surface area is 155 Å². The predicted molar refractivity (Wildman–Crippen MR) is 109 cm³/mol. The fourth-order valence-corrected chi connectivity index (χ4v) is 3.59. The average molecular weight is 348 g/mol. The Bertz CT molecular complexity index is 424. The number of nitrogens with zero attached hydrogens (tertiary/aromatic N) is 2. The number of hydrogen-bond donors (Lipinski definition) is 2. The van der Waals surface area contributed by atoms with Gasteiger partial charge in [0.05, 0.1) is 12.1 Å². The predicted octanol–water partition coefficient (Wildman–Crippen LogP) is 4.51. The normalized spacial score (nSPS) is 23.0. The van der Waals surface area contributed by atoms with Crippen molar-refractivity contribution >= 4 is 12.2 Å². The molecule has 0 bridgehead atoms. The Hall–Kier alpha value is -1.06. The van der Waals surface area contributed by atoms with E-state index >= 15 is 0 Å². The molecule has 2 N–H and O–H groups in total. The first-order valence-electron chi connectivity index (χ1n) is 10.4. The lowest BCUT2D eigenvalue weighted by molar-refractivity contribution is 0.404. The SMILES string of the molecule is [CH2]C(C)(C)/C=N/C(C)CN/C(=N\C1CCCCC1)NC1CCCCC1. The van der Waals surface area contributed by atoms with Crippen molar-refractivity contribution in [2.75, 3.05) is 6.54 Å². The van der Waals surface area contributed by atoms with Gasteiger partial charge in [-0.2, -0.15) is 0 Å². The zero-order chi connectivity index (χ0) is 18.1. The lowest BCUT2D eigenvalue weighted by Gasteiger charge is -2.27. The van der Waals surface area contributed by atoms with Gasteiger partial charge in [0.15, 0.2) is 5.96 Å². The van der Waals surface area contributed by atoms with Gasteiger partial charge in [0.25, 0.3) is 0 Å². The molecule has 4 nitrogen and oxygen atoms in total. The molecule has 0 heterocycles. The minimum Gasteiger partial charge on any atom is -0.354 e. The molecule has 1 atom stereocenters. The number of aliphatic imine (C=N–C) groups is 2. The molecule has 0 aromatic heterocycles. The summed E-state index contributed by atoms with van der Waals surface area (Å²) in [7, 11) is 0. The Morgan fingerprint density at radius 2 is 1.68 bits per heavy atom. The van der Waals surface area contributed by atoms with Crippen molar-refractivity contribution in [1.82, 2.24) is 10.6 Å². The van der Waals surface area contributed by atoms with Crippen molar-refractivity contribution in [1.29, 1.82) is 0 Å². The topological polar surface area (TPSA) is 48.8 Å². The lowest BCUT2D eigenvalue weighted by atomic mass is 9.95. The van der Waals surface area contributed by atoms with Crippen LogP contribution in [-0.4, -0.2) is 36.8 Å². The van der Waals surface area contributed by atoms with Crippen molar-refractivity contribution in [3.63, 3.8) is 0 Å². The van der Waals surface area contributed by atoms with Crippen LogP contribution >= 0.6 is 0 Å². The van der Waals surface area contributed by atoms with Crippen LogP contribution in [-0.2, 0) is 0 Å². The highest BCUT2D eigenvalue weighted by molar-refractivity contribution is 5.80. The second-order valence-electron chi connectivity index (χ2n) is 8.75. The van der Waals surface area contributed by atoms with Gasteiger partial charge in [-0.3, -0.25) is 4.99 Å². The van der Waals surface area contributed by atoms with Crippen LogP contribution in [0, 0.1) is 12.3 Å². The minimum absolute atomic E-state index is 0.104. The van der Waals surface area contributed by atoms with Crippen molar-refractivity contribution < 1.29 is 0 Å². The first kappa shape index (κ1) is 20.3.